The summed E-state index contributed by atoms with van der Waals surface area (Å²) in [5.74, 6) is 0.798. The van der Waals surface area contributed by atoms with Gasteiger partial charge in [-0.05, 0) is 18.4 Å². The van der Waals surface area contributed by atoms with E-state index in [-0.39, 0.29) is 0 Å². The van der Waals surface area contributed by atoms with Gasteiger partial charge in [-0.25, -0.2) is 0 Å². The fourth-order valence-electron chi connectivity index (χ4n) is 1.60. The highest BCUT2D eigenvalue weighted by molar-refractivity contribution is 9.09. The van der Waals surface area contributed by atoms with Crippen LogP contribution in [-0.2, 0) is 0 Å². The minimum atomic E-state index is 0.416. The van der Waals surface area contributed by atoms with Crippen molar-refractivity contribution in [2.75, 3.05) is 25.5 Å². The van der Waals surface area contributed by atoms with Crippen LogP contribution in [0.4, 0.5) is 0 Å². The molecule has 1 nitrogen and oxygen atoms in total. The van der Waals surface area contributed by atoms with Crippen LogP contribution < -0.4 is 0 Å². The van der Waals surface area contributed by atoms with Gasteiger partial charge in [-0.2, -0.15) is 0 Å². The molecule has 13 heavy (non-hydrogen) atoms. The lowest BCUT2D eigenvalue weighted by Gasteiger charge is -2.28. The third-order valence-electron chi connectivity index (χ3n) is 2.11. The molecular formula is C11H24BrN. The summed E-state index contributed by atoms with van der Waals surface area (Å²) in [5, 5.41) is 1.12. The van der Waals surface area contributed by atoms with Crippen molar-refractivity contribution in [2.45, 2.75) is 34.1 Å². The number of halogens is 1. The van der Waals surface area contributed by atoms with Gasteiger partial charge in [0.1, 0.15) is 0 Å². The molecule has 0 N–H and O–H groups in total. The predicted octanol–water partition coefficient (Wildman–Crippen LogP) is 3.39. The van der Waals surface area contributed by atoms with Crippen molar-refractivity contribution < 1.29 is 0 Å². The molecule has 0 aliphatic heterocycles. The molecule has 0 aliphatic carbocycles. The number of rotatable bonds is 5. The quantitative estimate of drug-likeness (QED) is 0.676. The number of alkyl halides is 1. The molecule has 0 amide bonds. The third kappa shape index (κ3) is 7.51. The minimum absolute atomic E-state index is 0.416. The largest absolute Gasteiger partial charge is 0.306 e. The summed E-state index contributed by atoms with van der Waals surface area (Å²) in [5.41, 5.74) is 0.416. The minimum Gasteiger partial charge on any atom is -0.306 e. The molecule has 0 aromatic carbocycles. The second-order valence-corrected chi connectivity index (χ2v) is 5.83. The molecule has 0 spiro atoms. The van der Waals surface area contributed by atoms with Crippen molar-refractivity contribution in [3.05, 3.63) is 0 Å². The Morgan fingerprint density at radius 1 is 1.31 bits per heavy atom. The van der Waals surface area contributed by atoms with E-state index in [0.717, 1.165) is 11.2 Å². The number of nitrogens with zero attached hydrogens (tertiary/aromatic N) is 1. The molecule has 0 saturated carbocycles. The van der Waals surface area contributed by atoms with Gasteiger partial charge in [-0.1, -0.05) is 50.0 Å². The summed E-state index contributed by atoms with van der Waals surface area (Å²) in [6.45, 7) is 11.5. The fourth-order valence-corrected chi connectivity index (χ4v) is 2.26. The molecule has 0 aromatic heterocycles. The summed E-state index contributed by atoms with van der Waals surface area (Å²) in [7, 11) is 2.22. The zero-order chi connectivity index (χ0) is 10.5. The van der Waals surface area contributed by atoms with Crippen molar-refractivity contribution in [3.8, 4) is 0 Å². The first kappa shape index (κ1) is 13.4. The molecular weight excluding hydrogens is 226 g/mol. The monoisotopic (exact) mass is 249 g/mol. The Labute approximate surface area is 92.0 Å². The Morgan fingerprint density at radius 3 is 2.15 bits per heavy atom. The standard InChI is InChI=1S/C11H24BrN/c1-6-10(7-12)8-13(5)9-11(2,3)4/h10H,6-9H2,1-5H3. The molecule has 0 radical (unpaired) electrons. The van der Waals surface area contributed by atoms with Gasteiger partial charge < -0.3 is 4.90 Å². The van der Waals surface area contributed by atoms with Gasteiger partial charge in [-0.3, -0.25) is 0 Å². The Morgan fingerprint density at radius 2 is 1.85 bits per heavy atom. The average Bonchev–Trinajstić information content (AvgIpc) is 1.96. The number of hydrogen-bond donors (Lipinski definition) is 0. The predicted molar refractivity (Wildman–Crippen MR) is 64.5 cm³/mol. The van der Waals surface area contributed by atoms with Crippen LogP contribution in [0.3, 0.4) is 0 Å². The summed E-state index contributed by atoms with van der Waals surface area (Å²) in [6.07, 6.45) is 1.26. The van der Waals surface area contributed by atoms with Crippen LogP contribution in [0.15, 0.2) is 0 Å². The highest BCUT2D eigenvalue weighted by Gasteiger charge is 2.15. The summed E-state index contributed by atoms with van der Waals surface area (Å²) < 4.78 is 0. The zero-order valence-corrected chi connectivity index (χ0v) is 11.3. The fraction of sp³-hybridized carbons (Fsp3) is 1.00. The lowest BCUT2D eigenvalue weighted by atomic mass is 9.95. The molecule has 0 aromatic rings. The topological polar surface area (TPSA) is 3.24 Å². The van der Waals surface area contributed by atoms with E-state index in [4.69, 9.17) is 0 Å². The van der Waals surface area contributed by atoms with Crippen molar-refractivity contribution in [1.82, 2.24) is 4.90 Å². The van der Waals surface area contributed by atoms with E-state index in [1.165, 1.54) is 19.5 Å². The molecule has 1 unspecified atom stereocenters. The SMILES string of the molecule is CCC(CBr)CN(C)CC(C)(C)C. The van der Waals surface area contributed by atoms with Gasteiger partial charge in [0.05, 0.1) is 0 Å². The third-order valence-corrected chi connectivity index (χ3v) is 3.03. The smallest absolute Gasteiger partial charge is 0.00717 e. The molecule has 80 valence electrons. The second-order valence-electron chi connectivity index (χ2n) is 5.19. The highest BCUT2D eigenvalue weighted by Crippen LogP contribution is 2.16. The van der Waals surface area contributed by atoms with Gasteiger partial charge in [0, 0.05) is 18.4 Å². The molecule has 2 heteroatoms. The molecule has 1 atom stereocenters. The van der Waals surface area contributed by atoms with Crippen LogP contribution in [0.1, 0.15) is 34.1 Å². The summed E-state index contributed by atoms with van der Waals surface area (Å²) in [6, 6.07) is 0. The maximum Gasteiger partial charge on any atom is 0.00717 e. The molecule has 0 aliphatic rings. The van der Waals surface area contributed by atoms with E-state index in [2.05, 4.69) is 55.6 Å². The van der Waals surface area contributed by atoms with Gasteiger partial charge in [0.25, 0.3) is 0 Å². The average molecular weight is 250 g/mol. The maximum atomic E-state index is 3.56. The molecule has 0 heterocycles. The van der Waals surface area contributed by atoms with E-state index in [1.54, 1.807) is 0 Å². The molecule has 0 fully saturated rings. The summed E-state index contributed by atoms with van der Waals surface area (Å²) in [4.78, 5) is 2.44. The van der Waals surface area contributed by atoms with Gasteiger partial charge >= 0.3 is 0 Å². The highest BCUT2D eigenvalue weighted by atomic mass is 79.9. The molecule has 0 saturated heterocycles. The van der Waals surface area contributed by atoms with Gasteiger partial charge in [0.15, 0.2) is 0 Å². The van der Waals surface area contributed by atoms with E-state index < -0.39 is 0 Å². The zero-order valence-electron chi connectivity index (χ0n) is 9.73. The summed E-state index contributed by atoms with van der Waals surface area (Å²) >= 11 is 3.56. The Bertz CT molecular complexity index is 125. The maximum absolute atomic E-state index is 3.56. The van der Waals surface area contributed by atoms with Crippen LogP contribution >= 0.6 is 15.9 Å². The lowest BCUT2D eigenvalue weighted by molar-refractivity contribution is 0.204. The lowest BCUT2D eigenvalue weighted by Crippen LogP contribution is -2.33. The first-order valence-electron chi connectivity index (χ1n) is 5.13. The van der Waals surface area contributed by atoms with Crippen LogP contribution in [0, 0.1) is 11.3 Å². The Hall–Kier alpha value is 0.440. The van der Waals surface area contributed by atoms with Crippen LogP contribution in [0.5, 0.6) is 0 Å². The van der Waals surface area contributed by atoms with Crippen molar-refractivity contribution >= 4 is 15.9 Å². The van der Waals surface area contributed by atoms with Crippen molar-refractivity contribution in [2.24, 2.45) is 11.3 Å². The normalized spacial score (nSPS) is 15.0. The van der Waals surface area contributed by atoms with Crippen molar-refractivity contribution in [1.29, 1.82) is 0 Å². The molecule has 0 rings (SSSR count). The van der Waals surface area contributed by atoms with E-state index in [1.807, 2.05) is 0 Å². The number of hydrogen-bond acceptors (Lipinski definition) is 1. The van der Waals surface area contributed by atoms with Crippen LogP contribution in [-0.4, -0.2) is 30.4 Å². The van der Waals surface area contributed by atoms with E-state index in [9.17, 15) is 0 Å². The second kappa shape index (κ2) is 6.02. The van der Waals surface area contributed by atoms with E-state index >= 15 is 0 Å². The first-order chi connectivity index (χ1) is 5.89. The van der Waals surface area contributed by atoms with Gasteiger partial charge in [0.2, 0.25) is 0 Å². The van der Waals surface area contributed by atoms with Gasteiger partial charge in [-0.15, -0.1) is 0 Å². The van der Waals surface area contributed by atoms with E-state index in [0.29, 0.717) is 5.41 Å². The van der Waals surface area contributed by atoms with Crippen LogP contribution in [0.2, 0.25) is 0 Å². The molecule has 0 bridgehead atoms. The Balaban J connectivity index is 3.79. The Kier molecular flexibility index (Phi) is 6.23. The van der Waals surface area contributed by atoms with Crippen molar-refractivity contribution in [3.63, 3.8) is 0 Å². The first-order valence-corrected chi connectivity index (χ1v) is 6.25. The van der Waals surface area contributed by atoms with Crippen LogP contribution in [0.25, 0.3) is 0 Å².